The second-order valence-corrected chi connectivity index (χ2v) is 8.19. The van der Waals surface area contributed by atoms with Gasteiger partial charge >= 0.3 is 0 Å². The number of carbonyl (C=O) groups excluding carboxylic acids is 1. The van der Waals surface area contributed by atoms with Crippen LogP contribution in [0.5, 0.6) is 5.75 Å². The maximum absolute atomic E-state index is 12.7. The highest BCUT2D eigenvalue weighted by molar-refractivity contribution is 7.99. The van der Waals surface area contributed by atoms with Crippen molar-refractivity contribution in [2.24, 2.45) is 0 Å². The third-order valence-electron chi connectivity index (χ3n) is 4.95. The van der Waals surface area contributed by atoms with Gasteiger partial charge in [-0.1, -0.05) is 35.1 Å². The van der Waals surface area contributed by atoms with E-state index in [4.69, 9.17) is 9.26 Å². The van der Waals surface area contributed by atoms with E-state index in [0.29, 0.717) is 41.8 Å². The summed E-state index contributed by atoms with van der Waals surface area (Å²) in [5.74, 6) is 1.68. The Hall–Kier alpha value is -3.11. The number of rotatable bonds is 7. The van der Waals surface area contributed by atoms with Crippen LogP contribution in [0.1, 0.15) is 22.6 Å². The van der Waals surface area contributed by atoms with Gasteiger partial charge in [-0.05, 0) is 13.0 Å². The zero-order chi connectivity index (χ0) is 21.8. The Balaban J connectivity index is 1.38. The molecular weight excluding hydrogens is 418 g/mol. The van der Waals surface area contributed by atoms with E-state index < -0.39 is 0 Å². The molecule has 0 bridgehead atoms. The summed E-state index contributed by atoms with van der Waals surface area (Å²) in [6, 6.07) is 9.52. The summed E-state index contributed by atoms with van der Waals surface area (Å²) in [7, 11) is 1.66. The third kappa shape index (κ3) is 5.15. The molecule has 1 amide bonds. The molecule has 0 saturated carbocycles. The van der Waals surface area contributed by atoms with Crippen LogP contribution in [0.3, 0.4) is 0 Å². The molecular formula is C21H23N5O4S. The van der Waals surface area contributed by atoms with Gasteiger partial charge in [0.25, 0.3) is 5.56 Å². The third-order valence-corrected chi connectivity index (χ3v) is 5.82. The fourth-order valence-electron chi connectivity index (χ4n) is 3.47. The summed E-state index contributed by atoms with van der Waals surface area (Å²) in [6.07, 6.45) is 0.673. The molecule has 3 aromatic rings. The normalized spacial score (nSPS) is 13.6. The Morgan fingerprint density at radius 3 is 3.00 bits per heavy atom. The first-order chi connectivity index (χ1) is 15.0. The van der Waals surface area contributed by atoms with Crippen molar-refractivity contribution in [1.82, 2.24) is 20.0 Å². The molecule has 31 heavy (non-hydrogen) atoms. The molecule has 3 heterocycles. The van der Waals surface area contributed by atoms with Crippen LogP contribution in [-0.4, -0.2) is 45.3 Å². The van der Waals surface area contributed by atoms with Crippen LogP contribution >= 0.6 is 11.8 Å². The summed E-state index contributed by atoms with van der Waals surface area (Å²) < 4.78 is 10.4. The van der Waals surface area contributed by atoms with Gasteiger partial charge in [-0.25, -0.2) is 4.98 Å². The van der Waals surface area contributed by atoms with Crippen molar-refractivity contribution in [2.45, 2.75) is 31.6 Å². The van der Waals surface area contributed by atoms with E-state index in [0.717, 1.165) is 23.6 Å². The van der Waals surface area contributed by atoms with Gasteiger partial charge in [0, 0.05) is 37.7 Å². The molecule has 4 rings (SSSR count). The predicted octanol–water partition coefficient (Wildman–Crippen LogP) is 2.36. The van der Waals surface area contributed by atoms with E-state index in [-0.39, 0.29) is 17.2 Å². The molecule has 0 radical (unpaired) electrons. The van der Waals surface area contributed by atoms with Crippen molar-refractivity contribution in [2.75, 3.05) is 24.7 Å². The molecule has 10 heteroatoms. The number of nitrogens with one attached hydrogen (secondary N) is 2. The Bertz CT molecular complexity index is 1140. The second kappa shape index (κ2) is 9.36. The largest absolute Gasteiger partial charge is 0.496 e. The highest BCUT2D eigenvalue weighted by atomic mass is 32.2. The van der Waals surface area contributed by atoms with Crippen LogP contribution in [0.25, 0.3) is 0 Å². The first-order valence-electron chi connectivity index (χ1n) is 9.84. The first-order valence-corrected chi connectivity index (χ1v) is 10.8. The van der Waals surface area contributed by atoms with Crippen LogP contribution in [0.4, 0.5) is 5.82 Å². The van der Waals surface area contributed by atoms with Crippen LogP contribution in [0.15, 0.2) is 44.8 Å². The van der Waals surface area contributed by atoms with Gasteiger partial charge in [0.15, 0.2) is 11.0 Å². The molecule has 2 aromatic heterocycles. The number of aryl methyl sites for hydroxylation is 1. The minimum absolute atomic E-state index is 0.105. The topological polar surface area (TPSA) is 113 Å². The fourth-order valence-corrected chi connectivity index (χ4v) is 4.15. The lowest BCUT2D eigenvalue weighted by Gasteiger charge is -2.28. The Labute approximate surface area is 183 Å². The zero-order valence-corrected chi connectivity index (χ0v) is 18.1. The lowest BCUT2D eigenvalue weighted by molar-refractivity contribution is -0.113. The lowest BCUT2D eigenvalue weighted by Crippen LogP contribution is -2.35. The van der Waals surface area contributed by atoms with Crippen molar-refractivity contribution in [3.8, 4) is 5.75 Å². The number of hydrogen-bond donors (Lipinski definition) is 2. The predicted molar refractivity (Wildman–Crippen MR) is 116 cm³/mol. The van der Waals surface area contributed by atoms with Gasteiger partial charge in [0.2, 0.25) is 5.91 Å². The molecule has 1 aliphatic rings. The van der Waals surface area contributed by atoms with Gasteiger partial charge in [-0.15, -0.1) is 0 Å². The van der Waals surface area contributed by atoms with Crippen LogP contribution in [0.2, 0.25) is 0 Å². The molecule has 9 nitrogen and oxygen atoms in total. The Kier molecular flexibility index (Phi) is 6.38. The van der Waals surface area contributed by atoms with E-state index in [1.165, 1.54) is 11.8 Å². The van der Waals surface area contributed by atoms with E-state index in [1.54, 1.807) is 20.1 Å². The number of fused-ring (bicyclic) bond motifs is 1. The van der Waals surface area contributed by atoms with Crippen molar-refractivity contribution >= 4 is 23.5 Å². The molecule has 0 atom stereocenters. The molecule has 162 valence electrons. The van der Waals surface area contributed by atoms with Crippen molar-refractivity contribution in [3.05, 3.63) is 63.3 Å². The van der Waals surface area contributed by atoms with E-state index >= 15 is 0 Å². The zero-order valence-electron chi connectivity index (χ0n) is 17.3. The first kappa shape index (κ1) is 21.1. The number of para-hydroxylation sites is 1. The highest BCUT2D eigenvalue weighted by Gasteiger charge is 2.22. The molecule has 2 N–H and O–H groups in total. The average Bonchev–Trinajstić information content (AvgIpc) is 3.17. The number of anilines is 1. The van der Waals surface area contributed by atoms with E-state index in [1.807, 2.05) is 24.3 Å². The lowest BCUT2D eigenvalue weighted by atomic mass is 10.1. The van der Waals surface area contributed by atoms with Gasteiger partial charge in [0.1, 0.15) is 11.5 Å². The molecule has 1 aliphatic heterocycles. The minimum Gasteiger partial charge on any atom is -0.496 e. The smallest absolute Gasteiger partial charge is 0.256 e. The van der Waals surface area contributed by atoms with Crippen LogP contribution in [-0.2, 0) is 24.3 Å². The number of aromatic nitrogens is 3. The number of amides is 1. The number of carbonyl (C=O) groups is 1. The van der Waals surface area contributed by atoms with Crippen LogP contribution < -0.4 is 15.6 Å². The molecule has 0 fully saturated rings. The molecule has 0 saturated heterocycles. The maximum atomic E-state index is 12.7. The summed E-state index contributed by atoms with van der Waals surface area (Å²) in [4.78, 5) is 34.3. The SMILES string of the molecule is COc1ccccc1CN1CCc2nc(SCC(=O)Nc3cc(C)on3)[nH]c(=O)c2C1. The number of nitrogens with zero attached hydrogens (tertiary/aromatic N) is 3. The number of ether oxygens (including phenoxy) is 1. The quantitative estimate of drug-likeness (QED) is 0.424. The highest BCUT2D eigenvalue weighted by Crippen LogP contribution is 2.23. The Morgan fingerprint density at radius 2 is 2.23 bits per heavy atom. The van der Waals surface area contributed by atoms with E-state index in [9.17, 15) is 9.59 Å². The summed E-state index contributed by atoms with van der Waals surface area (Å²) in [6.45, 7) is 3.75. The molecule has 0 aliphatic carbocycles. The van der Waals surface area contributed by atoms with Crippen molar-refractivity contribution < 1.29 is 14.1 Å². The van der Waals surface area contributed by atoms with Crippen molar-refractivity contribution in [3.63, 3.8) is 0 Å². The fraction of sp³-hybridized carbons (Fsp3) is 0.333. The summed E-state index contributed by atoms with van der Waals surface area (Å²) in [5, 5.41) is 6.81. The number of aromatic amines is 1. The molecule has 0 spiro atoms. The minimum atomic E-state index is -0.248. The number of H-pyrrole nitrogens is 1. The average molecular weight is 442 g/mol. The van der Waals surface area contributed by atoms with Gasteiger partial charge in [-0.3, -0.25) is 14.5 Å². The van der Waals surface area contributed by atoms with Gasteiger partial charge < -0.3 is 19.6 Å². The number of methoxy groups -OCH3 is 1. The monoisotopic (exact) mass is 441 g/mol. The summed E-state index contributed by atoms with van der Waals surface area (Å²) in [5.41, 5.74) is 2.38. The molecule has 1 aromatic carbocycles. The van der Waals surface area contributed by atoms with Gasteiger partial charge in [-0.2, -0.15) is 0 Å². The number of benzene rings is 1. The maximum Gasteiger partial charge on any atom is 0.256 e. The van der Waals surface area contributed by atoms with Crippen molar-refractivity contribution in [1.29, 1.82) is 0 Å². The Morgan fingerprint density at radius 1 is 1.39 bits per heavy atom. The standard InChI is InChI=1S/C21H23N5O4S/c1-13-9-18(25-30-13)23-19(27)12-31-21-22-16-7-8-26(11-15(16)20(28)24-21)10-14-5-3-4-6-17(14)29-2/h3-6,9H,7-8,10-12H2,1-2H3,(H,22,24,28)(H,23,25,27). The second-order valence-electron chi connectivity index (χ2n) is 7.23. The van der Waals surface area contributed by atoms with Crippen LogP contribution in [0, 0.1) is 6.92 Å². The number of thioether (sulfide) groups is 1. The number of hydrogen-bond acceptors (Lipinski definition) is 8. The van der Waals surface area contributed by atoms with Gasteiger partial charge in [0.05, 0.1) is 24.1 Å². The summed E-state index contributed by atoms with van der Waals surface area (Å²) >= 11 is 1.18. The molecule has 0 unspecified atom stereocenters. The van der Waals surface area contributed by atoms with E-state index in [2.05, 4.69) is 25.3 Å².